The van der Waals surface area contributed by atoms with Crippen LogP contribution in [0.25, 0.3) is 5.13 Å². The second-order valence-corrected chi connectivity index (χ2v) is 3.60. The molecule has 2 aromatic heterocycles. The molecule has 7 heteroatoms. The summed E-state index contributed by atoms with van der Waals surface area (Å²) in [6, 6.07) is 0. The van der Waals surface area contributed by atoms with Crippen molar-refractivity contribution in [3.63, 3.8) is 0 Å². The van der Waals surface area contributed by atoms with Crippen molar-refractivity contribution < 1.29 is 0 Å². The number of aromatic nitrogens is 4. The van der Waals surface area contributed by atoms with E-state index in [-0.39, 0.29) is 0 Å². The van der Waals surface area contributed by atoms with E-state index in [1.807, 2.05) is 0 Å². The van der Waals surface area contributed by atoms with Crippen LogP contribution in [0.2, 0.25) is 0 Å². The molecular weight excluding hydrogens is 210 g/mol. The van der Waals surface area contributed by atoms with Crippen LogP contribution in [0, 0.1) is 0 Å². The number of halogens is 1. The minimum atomic E-state index is 0.598. The van der Waals surface area contributed by atoms with Gasteiger partial charge in [0, 0.05) is 17.6 Å². The maximum atomic E-state index is 5.36. The molecule has 0 radical (unpaired) electrons. The van der Waals surface area contributed by atoms with Crippen LogP contribution in [0.3, 0.4) is 0 Å². The lowest BCUT2D eigenvalue weighted by Gasteiger charge is -1.90. The third-order valence-electron chi connectivity index (χ3n) is 1.37. The zero-order chi connectivity index (χ0) is 9.10. The number of nitrogens with zero attached hydrogens (tertiary/aromatic N) is 4. The molecule has 0 aromatic carbocycles. The van der Waals surface area contributed by atoms with Gasteiger partial charge >= 0.3 is 0 Å². The van der Waals surface area contributed by atoms with Gasteiger partial charge in [-0.15, -0.1) is 4.80 Å². The van der Waals surface area contributed by atoms with Gasteiger partial charge in [-0.1, -0.05) is 11.3 Å². The molecule has 68 valence electrons. The molecule has 13 heavy (non-hydrogen) atoms. The van der Waals surface area contributed by atoms with Crippen molar-refractivity contribution in [2.75, 3.05) is 0 Å². The van der Waals surface area contributed by atoms with E-state index >= 15 is 0 Å². The van der Waals surface area contributed by atoms with Crippen molar-refractivity contribution in [2.45, 2.75) is 6.54 Å². The average Bonchev–Trinajstić information content (AvgIpc) is 2.70. The van der Waals surface area contributed by atoms with Crippen LogP contribution in [0.4, 0.5) is 0 Å². The van der Waals surface area contributed by atoms with Gasteiger partial charge in [0.1, 0.15) is 0 Å². The number of nitrogens with one attached hydrogen (secondary N) is 1. The smallest absolute Gasteiger partial charge is 0.228 e. The second kappa shape index (κ2) is 3.82. The molecule has 2 aromatic rings. The number of hydrogen-bond acceptors (Lipinski definition) is 5. The molecule has 2 rings (SSSR count). The Balaban J connectivity index is 2.23. The summed E-state index contributed by atoms with van der Waals surface area (Å²) in [7, 11) is 0. The summed E-state index contributed by atoms with van der Waals surface area (Å²) < 4.78 is 0. The molecule has 0 spiro atoms. The Morgan fingerprint density at radius 2 is 2.23 bits per heavy atom. The van der Waals surface area contributed by atoms with Gasteiger partial charge in [-0.2, -0.15) is 10.2 Å². The molecule has 1 N–H and O–H groups in total. The average molecular weight is 216 g/mol. The summed E-state index contributed by atoms with van der Waals surface area (Å²) in [5.74, 6) is 0. The summed E-state index contributed by atoms with van der Waals surface area (Å²) in [5.41, 5.74) is 0. The van der Waals surface area contributed by atoms with Gasteiger partial charge in [0.25, 0.3) is 0 Å². The molecule has 2 heterocycles. The Bertz CT molecular complexity index is 370. The van der Waals surface area contributed by atoms with Crippen molar-refractivity contribution in [2.24, 2.45) is 0 Å². The van der Waals surface area contributed by atoms with Gasteiger partial charge in [-0.25, -0.2) is 9.82 Å². The first-order valence-corrected chi connectivity index (χ1v) is 4.74. The van der Waals surface area contributed by atoms with Crippen LogP contribution in [0.5, 0.6) is 0 Å². The number of rotatable bonds is 3. The van der Waals surface area contributed by atoms with Crippen LogP contribution in [0.1, 0.15) is 4.88 Å². The third kappa shape index (κ3) is 1.85. The zero-order valence-electron chi connectivity index (χ0n) is 6.51. The number of thiazole rings is 1. The predicted molar refractivity (Wildman–Crippen MR) is 49.7 cm³/mol. The minimum absolute atomic E-state index is 0.598. The Morgan fingerprint density at radius 3 is 2.92 bits per heavy atom. The molecule has 0 aliphatic rings. The van der Waals surface area contributed by atoms with Gasteiger partial charge in [-0.3, -0.25) is 0 Å². The Labute approximate surface area is 83.5 Å². The molecular formula is C6H6ClN5S. The molecule has 0 bridgehead atoms. The van der Waals surface area contributed by atoms with Gasteiger partial charge in [0.05, 0.1) is 12.4 Å². The summed E-state index contributed by atoms with van der Waals surface area (Å²) in [5, 5.41) is 8.66. The summed E-state index contributed by atoms with van der Waals surface area (Å²) in [6.45, 7) is 0.598. The van der Waals surface area contributed by atoms with E-state index in [9.17, 15) is 0 Å². The first kappa shape index (κ1) is 8.61. The standard InChI is InChI=1S/C6H6ClN5S/c7-9-4-5-3-8-6(13-5)12-10-1-2-11-12/h1-3,9H,4H2. The highest BCUT2D eigenvalue weighted by Crippen LogP contribution is 2.15. The lowest BCUT2D eigenvalue weighted by Crippen LogP contribution is -1.96. The molecule has 0 aliphatic heterocycles. The summed E-state index contributed by atoms with van der Waals surface area (Å²) >= 11 is 6.86. The quantitative estimate of drug-likeness (QED) is 0.776. The first-order chi connectivity index (χ1) is 6.40. The fourth-order valence-corrected chi connectivity index (χ4v) is 1.84. The summed E-state index contributed by atoms with van der Waals surface area (Å²) in [4.78, 5) is 9.19. The van der Waals surface area contributed by atoms with Crippen LogP contribution in [0.15, 0.2) is 18.6 Å². The third-order valence-corrected chi connectivity index (χ3v) is 2.47. The van der Waals surface area contributed by atoms with E-state index in [0.29, 0.717) is 6.54 Å². The van der Waals surface area contributed by atoms with Crippen molar-refractivity contribution in [3.05, 3.63) is 23.5 Å². The van der Waals surface area contributed by atoms with Crippen molar-refractivity contribution in [1.82, 2.24) is 24.8 Å². The lowest BCUT2D eigenvalue weighted by atomic mass is 10.6. The van der Waals surface area contributed by atoms with E-state index in [0.717, 1.165) is 10.0 Å². The highest BCUT2D eigenvalue weighted by molar-refractivity contribution is 7.14. The van der Waals surface area contributed by atoms with Gasteiger partial charge in [-0.05, 0) is 11.8 Å². The van der Waals surface area contributed by atoms with E-state index < -0.39 is 0 Å². The van der Waals surface area contributed by atoms with Crippen LogP contribution < -0.4 is 4.84 Å². The monoisotopic (exact) mass is 215 g/mol. The Kier molecular flexibility index (Phi) is 2.53. The molecule has 0 amide bonds. The van der Waals surface area contributed by atoms with E-state index in [4.69, 9.17) is 11.8 Å². The van der Waals surface area contributed by atoms with Crippen LogP contribution >= 0.6 is 23.1 Å². The SMILES string of the molecule is ClNCc1cnc(-n2nccn2)s1. The second-order valence-electron chi connectivity index (χ2n) is 2.24. The van der Waals surface area contributed by atoms with Gasteiger partial charge in [0.2, 0.25) is 5.13 Å². The van der Waals surface area contributed by atoms with Gasteiger partial charge < -0.3 is 0 Å². The fourth-order valence-electron chi connectivity index (χ4n) is 0.852. The maximum Gasteiger partial charge on any atom is 0.230 e. The van der Waals surface area contributed by atoms with Crippen molar-refractivity contribution >= 4 is 23.1 Å². The van der Waals surface area contributed by atoms with Crippen LogP contribution in [-0.2, 0) is 6.54 Å². The summed E-state index contributed by atoms with van der Waals surface area (Å²) in [6.07, 6.45) is 4.97. The molecule has 0 fully saturated rings. The lowest BCUT2D eigenvalue weighted by molar-refractivity contribution is 0.745. The van der Waals surface area contributed by atoms with Gasteiger partial charge in [0.15, 0.2) is 0 Å². The van der Waals surface area contributed by atoms with E-state index in [2.05, 4.69) is 20.0 Å². The van der Waals surface area contributed by atoms with Crippen LogP contribution in [-0.4, -0.2) is 20.0 Å². The molecule has 0 unspecified atom stereocenters. The topological polar surface area (TPSA) is 55.6 Å². The zero-order valence-corrected chi connectivity index (χ0v) is 8.09. The van der Waals surface area contributed by atoms with E-state index in [1.165, 1.54) is 16.1 Å². The van der Waals surface area contributed by atoms with E-state index in [1.54, 1.807) is 18.6 Å². The minimum Gasteiger partial charge on any atom is -0.228 e. The Morgan fingerprint density at radius 1 is 1.46 bits per heavy atom. The first-order valence-electron chi connectivity index (χ1n) is 3.55. The number of hydrogen-bond donors (Lipinski definition) is 1. The largest absolute Gasteiger partial charge is 0.230 e. The fraction of sp³-hybridized carbons (Fsp3) is 0.167. The van der Waals surface area contributed by atoms with Crippen molar-refractivity contribution in [3.8, 4) is 5.13 Å². The molecule has 0 saturated heterocycles. The molecule has 0 saturated carbocycles. The molecule has 5 nitrogen and oxygen atoms in total. The molecule has 0 aliphatic carbocycles. The Hall–Kier alpha value is -0.980. The normalized spacial score (nSPS) is 10.5. The maximum absolute atomic E-state index is 5.36. The highest BCUT2D eigenvalue weighted by atomic mass is 35.5. The highest BCUT2D eigenvalue weighted by Gasteiger charge is 2.03. The van der Waals surface area contributed by atoms with Crippen molar-refractivity contribution in [1.29, 1.82) is 0 Å². The molecule has 0 atom stereocenters. The predicted octanol–water partition coefficient (Wildman–Crippen LogP) is 0.967.